The summed E-state index contributed by atoms with van der Waals surface area (Å²) in [6.07, 6.45) is 0.267. The van der Waals surface area contributed by atoms with Crippen LogP contribution in [0.2, 0.25) is 5.02 Å². The predicted octanol–water partition coefficient (Wildman–Crippen LogP) is 5.22. The quantitative estimate of drug-likeness (QED) is 0.628. The predicted molar refractivity (Wildman–Crippen MR) is 91.9 cm³/mol. The molecule has 0 amide bonds. The van der Waals surface area contributed by atoms with E-state index in [4.69, 9.17) is 20.9 Å². The molecule has 26 heavy (non-hydrogen) atoms. The lowest BCUT2D eigenvalue weighted by Crippen LogP contribution is -2.07. The molecule has 0 radical (unpaired) electrons. The number of aromatic nitrogens is 2. The topological polar surface area (TPSA) is 48.2 Å². The Hall–Kier alpha value is -2.31. The van der Waals surface area contributed by atoms with Crippen LogP contribution in [-0.2, 0) is 4.74 Å². The van der Waals surface area contributed by atoms with Crippen molar-refractivity contribution in [3.05, 3.63) is 70.1 Å². The summed E-state index contributed by atoms with van der Waals surface area (Å²) < 4.78 is 38.7. The lowest BCUT2D eigenvalue weighted by molar-refractivity contribution is 0.0984. The molecule has 0 spiro atoms. The molecule has 2 aromatic carbocycles. The summed E-state index contributed by atoms with van der Waals surface area (Å²) in [7, 11) is 0. The molecular weight excluding hydrogens is 362 g/mol. The summed E-state index contributed by atoms with van der Waals surface area (Å²) in [6.45, 7) is 2.18. The van der Waals surface area contributed by atoms with Gasteiger partial charge < -0.3 is 9.26 Å². The maximum Gasteiger partial charge on any atom is 0.233 e. The summed E-state index contributed by atoms with van der Waals surface area (Å²) in [5.74, 6) is -0.329. The van der Waals surface area contributed by atoms with E-state index in [-0.39, 0.29) is 16.8 Å². The molecule has 2 heterocycles. The van der Waals surface area contributed by atoms with Gasteiger partial charge in [-0.3, -0.25) is 0 Å². The smallest absolute Gasteiger partial charge is 0.233 e. The average molecular weight is 377 g/mol. The number of ether oxygens (including phenoxy) is 1. The van der Waals surface area contributed by atoms with E-state index >= 15 is 0 Å². The Morgan fingerprint density at radius 1 is 1.12 bits per heavy atom. The van der Waals surface area contributed by atoms with Crippen LogP contribution >= 0.6 is 11.6 Å². The van der Waals surface area contributed by atoms with E-state index in [0.717, 1.165) is 0 Å². The molecule has 4 rings (SSSR count). The van der Waals surface area contributed by atoms with Gasteiger partial charge in [-0.25, -0.2) is 8.78 Å². The highest BCUT2D eigenvalue weighted by Gasteiger charge is 2.35. The van der Waals surface area contributed by atoms with Gasteiger partial charge in [0.2, 0.25) is 11.7 Å². The zero-order valence-electron chi connectivity index (χ0n) is 13.9. The maximum absolute atomic E-state index is 13.8. The van der Waals surface area contributed by atoms with Gasteiger partial charge in [0.05, 0.1) is 17.0 Å². The van der Waals surface area contributed by atoms with Gasteiger partial charge in [-0.15, -0.1) is 0 Å². The molecule has 2 atom stereocenters. The van der Waals surface area contributed by atoms with Crippen molar-refractivity contribution in [3.8, 4) is 11.4 Å². The lowest BCUT2D eigenvalue weighted by Gasteiger charge is -2.16. The van der Waals surface area contributed by atoms with Crippen molar-refractivity contribution >= 4 is 11.6 Å². The molecule has 0 saturated carbocycles. The fraction of sp³-hybridized carbons (Fsp3) is 0.263. The first-order chi connectivity index (χ1) is 12.5. The third kappa shape index (κ3) is 3.10. The summed E-state index contributed by atoms with van der Waals surface area (Å²) in [6, 6.07) is 9.36. The normalized spacial score (nSPS) is 19.8. The van der Waals surface area contributed by atoms with Crippen molar-refractivity contribution in [2.45, 2.75) is 25.4 Å². The van der Waals surface area contributed by atoms with E-state index in [1.165, 1.54) is 18.2 Å². The number of halogens is 3. The molecule has 0 aliphatic carbocycles. The first-order valence-corrected chi connectivity index (χ1v) is 8.57. The molecule has 0 bridgehead atoms. The number of benzene rings is 2. The zero-order chi connectivity index (χ0) is 18.3. The van der Waals surface area contributed by atoms with Crippen molar-refractivity contribution in [2.75, 3.05) is 6.61 Å². The first kappa shape index (κ1) is 17.1. The molecule has 1 fully saturated rings. The number of aryl methyl sites for hydroxylation is 1. The minimum absolute atomic E-state index is 0.0600. The maximum atomic E-state index is 13.8. The number of hydrogen-bond acceptors (Lipinski definition) is 4. The van der Waals surface area contributed by atoms with Crippen molar-refractivity contribution in [3.63, 3.8) is 0 Å². The van der Waals surface area contributed by atoms with Gasteiger partial charge in [-0.05, 0) is 42.7 Å². The van der Waals surface area contributed by atoms with Crippen molar-refractivity contribution in [1.29, 1.82) is 0 Å². The van der Waals surface area contributed by atoms with E-state index in [2.05, 4.69) is 10.1 Å². The van der Waals surface area contributed by atoms with Crippen LogP contribution in [0, 0.1) is 18.6 Å². The van der Waals surface area contributed by atoms with Crippen LogP contribution in [0.3, 0.4) is 0 Å². The Bertz CT molecular complexity index is 960. The molecule has 2 unspecified atom stereocenters. The van der Waals surface area contributed by atoms with E-state index < -0.39 is 11.9 Å². The highest BCUT2D eigenvalue weighted by Crippen LogP contribution is 2.42. The second kappa shape index (κ2) is 6.78. The molecule has 3 aromatic rings. The van der Waals surface area contributed by atoms with Crippen LogP contribution in [-0.4, -0.2) is 16.7 Å². The molecule has 1 saturated heterocycles. The van der Waals surface area contributed by atoms with E-state index in [1.807, 2.05) is 0 Å². The Morgan fingerprint density at radius 3 is 2.73 bits per heavy atom. The summed E-state index contributed by atoms with van der Waals surface area (Å²) >= 11 is 5.75. The molecule has 1 aromatic heterocycles. The van der Waals surface area contributed by atoms with Crippen molar-refractivity contribution < 1.29 is 18.0 Å². The Kier molecular flexibility index (Phi) is 4.46. The van der Waals surface area contributed by atoms with Gasteiger partial charge in [-0.1, -0.05) is 35.0 Å². The van der Waals surface area contributed by atoms with Gasteiger partial charge in [0, 0.05) is 12.2 Å². The van der Waals surface area contributed by atoms with Gasteiger partial charge in [-0.2, -0.15) is 4.98 Å². The van der Waals surface area contributed by atoms with Crippen molar-refractivity contribution in [1.82, 2.24) is 10.1 Å². The first-order valence-electron chi connectivity index (χ1n) is 8.19. The van der Waals surface area contributed by atoms with Gasteiger partial charge in [0.1, 0.15) is 11.6 Å². The van der Waals surface area contributed by atoms with Gasteiger partial charge in [0.15, 0.2) is 0 Å². The molecule has 7 heteroatoms. The zero-order valence-corrected chi connectivity index (χ0v) is 14.6. The molecular formula is C19H15ClF2N2O2. The Morgan fingerprint density at radius 2 is 1.96 bits per heavy atom. The van der Waals surface area contributed by atoms with Gasteiger partial charge >= 0.3 is 0 Å². The number of hydrogen-bond donors (Lipinski definition) is 0. The minimum atomic E-state index is -0.500. The third-order valence-electron chi connectivity index (χ3n) is 4.55. The van der Waals surface area contributed by atoms with E-state index in [1.54, 1.807) is 25.1 Å². The summed E-state index contributed by atoms with van der Waals surface area (Å²) in [4.78, 5) is 4.40. The molecule has 134 valence electrons. The van der Waals surface area contributed by atoms with Crippen LogP contribution < -0.4 is 0 Å². The fourth-order valence-electron chi connectivity index (χ4n) is 3.10. The highest BCUT2D eigenvalue weighted by molar-refractivity contribution is 6.30. The van der Waals surface area contributed by atoms with E-state index in [0.29, 0.717) is 41.4 Å². The minimum Gasteiger partial charge on any atom is -0.373 e. The SMILES string of the molecule is Cc1ccc(-c2noc(C3CCOC3c3ccc(Cl)c(F)c3)n2)cc1F. The van der Waals surface area contributed by atoms with Crippen LogP contribution in [0.1, 0.15) is 35.5 Å². The van der Waals surface area contributed by atoms with Crippen molar-refractivity contribution in [2.24, 2.45) is 0 Å². The van der Waals surface area contributed by atoms with Crippen LogP contribution in [0.15, 0.2) is 40.9 Å². The van der Waals surface area contributed by atoms with Crippen LogP contribution in [0.5, 0.6) is 0 Å². The average Bonchev–Trinajstić information content (AvgIpc) is 3.28. The second-order valence-electron chi connectivity index (χ2n) is 6.28. The monoisotopic (exact) mass is 376 g/mol. The Balaban J connectivity index is 1.63. The van der Waals surface area contributed by atoms with Gasteiger partial charge in [0.25, 0.3) is 0 Å². The largest absolute Gasteiger partial charge is 0.373 e. The highest BCUT2D eigenvalue weighted by atomic mass is 35.5. The Labute approximate surface area is 153 Å². The summed E-state index contributed by atoms with van der Waals surface area (Å²) in [5.41, 5.74) is 1.75. The third-order valence-corrected chi connectivity index (χ3v) is 4.86. The standard InChI is InChI=1S/C19H15ClF2N2O2/c1-10-2-3-12(9-15(10)21)18-23-19(26-24-18)13-6-7-25-17(13)11-4-5-14(20)16(22)8-11/h2-5,8-9,13,17H,6-7H2,1H3. The number of rotatable bonds is 3. The second-order valence-corrected chi connectivity index (χ2v) is 6.69. The molecule has 4 nitrogen and oxygen atoms in total. The molecule has 1 aliphatic rings. The molecule has 1 aliphatic heterocycles. The molecule has 0 N–H and O–H groups in total. The number of nitrogens with zero attached hydrogens (tertiary/aromatic N) is 2. The van der Waals surface area contributed by atoms with E-state index in [9.17, 15) is 8.78 Å². The summed E-state index contributed by atoms with van der Waals surface area (Å²) in [5, 5.41) is 4.02. The lowest BCUT2D eigenvalue weighted by atomic mass is 9.95. The van der Waals surface area contributed by atoms with Crippen LogP contribution in [0.25, 0.3) is 11.4 Å². The van der Waals surface area contributed by atoms with Crippen LogP contribution in [0.4, 0.5) is 8.78 Å². The fourth-order valence-corrected chi connectivity index (χ4v) is 3.21.